The molecule has 0 aromatic carbocycles. The van der Waals surface area contributed by atoms with Gasteiger partial charge in [-0.25, -0.2) is 8.42 Å². The number of aromatic nitrogens is 1. The number of aliphatic hydroxyl groups is 1. The molecule has 0 radical (unpaired) electrons. The molecule has 1 aromatic rings. The van der Waals surface area contributed by atoms with Crippen molar-refractivity contribution in [1.29, 1.82) is 0 Å². The molecule has 0 fully saturated rings. The van der Waals surface area contributed by atoms with E-state index in [4.69, 9.17) is 5.11 Å². The van der Waals surface area contributed by atoms with Crippen LogP contribution < -0.4 is 0 Å². The molecule has 0 aliphatic heterocycles. The first-order valence-electron chi connectivity index (χ1n) is 5.96. The van der Waals surface area contributed by atoms with Crippen molar-refractivity contribution in [3.05, 3.63) is 24.0 Å². The molecule has 1 N–H and O–H groups in total. The Morgan fingerprint density at radius 3 is 2.74 bits per heavy atom. The van der Waals surface area contributed by atoms with Crippen LogP contribution in [0.2, 0.25) is 0 Å². The molecule has 0 aliphatic rings. The Morgan fingerprint density at radius 2 is 2.16 bits per heavy atom. The minimum atomic E-state index is -3.56. The van der Waals surface area contributed by atoms with Gasteiger partial charge in [-0.1, -0.05) is 18.8 Å². The predicted molar refractivity (Wildman–Crippen MR) is 72.9 cm³/mol. The average molecular weight is 282 g/mol. The molecule has 0 aliphatic carbocycles. The number of rotatable bonds is 4. The van der Waals surface area contributed by atoms with Gasteiger partial charge in [0, 0.05) is 31.0 Å². The summed E-state index contributed by atoms with van der Waals surface area (Å²) in [5.41, 5.74) is 0.465. The molecule has 5 nitrogen and oxygen atoms in total. The van der Waals surface area contributed by atoms with E-state index in [2.05, 4.69) is 16.8 Å². The summed E-state index contributed by atoms with van der Waals surface area (Å²) in [5.74, 6) is 5.11. The summed E-state index contributed by atoms with van der Waals surface area (Å²) in [7, 11) is -2.01. The van der Waals surface area contributed by atoms with Crippen LogP contribution in [0, 0.1) is 11.8 Å². The lowest BCUT2D eigenvalue weighted by Gasteiger charge is -2.22. The van der Waals surface area contributed by atoms with Crippen molar-refractivity contribution >= 4 is 10.0 Å². The van der Waals surface area contributed by atoms with Gasteiger partial charge in [-0.3, -0.25) is 4.98 Å². The maximum absolute atomic E-state index is 12.3. The zero-order chi connectivity index (χ0) is 14.5. The van der Waals surface area contributed by atoms with Crippen LogP contribution in [0.3, 0.4) is 0 Å². The van der Waals surface area contributed by atoms with Crippen LogP contribution in [0.25, 0.3) is 0 Å². The molecule has 0 spiro atoms. The highest BCUT2D eigenvalue weighted by Crippen LogP contribution is 2.17. The zero-order valence-corrected chi connectivity index (χ0v) is 12.1. The SMILES string of the molecule is CCC(C)N(C)S(=O)(=O)c1cncc(C#CCO)c1. The minimum Gasteiger partial charge on any atom is -0.384 e. The number of pyridine rings is 1. The van der Waals surface area contributed by atoms with E-state index in [0.717, 1.165) is 6.42 Å². The fourth-order valence-corrected chi connectivity index (χ4v) is 2.86. The summed E-state index contributed by atoms with van der Waals surface area (Å²) in [6, 6.07) is 1.38. The highest BCUT2D eigenvalue weighted by atomic mass is 32.2. The number of hydrogen-bond donors (Lipinski definition) is 1. The standard InChI is InChI=1S/C13H18N2O3S/c1-4-11(2)15(3)19(17,18)13-8-12(6-5-7-16)9-14-10-13/h8-11,16H,4,7H2,1-3H3. The Morgan fingerprint density at radius 1 is 1.47 bits per heavy atom. The lowest BCUT2D eigenvalue weighted by Crippen LogP contribution is -2.34. The van der Waals surface area contributed by atoms with Crippen molar-refractivity contribution in [3.63, 3.8) is 0 Å². The van der Waals surface area contributed by atoms with E-state index in [0.29, 0.717) is 5.56 Å². The molecular weight excluding hydrogens is 264 g/mol. The van der Waals surface area contributed by atoms with Crippen LogP contribution in [-0.4, -0.2) is 42.5 Å². The van der Waals surface area contributed by atoms with Crippen LogP contribution in [-0.2, 0) is 10.0 Å². The zero-order valence-electron chi connectivity index (χ0n) is 11.3. The fourth-order valence-electron chi connectivity index (χ4n) is 1.43. The van der Waals surface area contributed by atoms with Crippen molar-refractivity contribution in [2.45, 2.75) is 31.2 Å². The topological polar surface area (TPSA) is 70.5 Å². The van der Waals surface area contributed by atoms with E-state index in [1.54, 1.807) is 7.05 Å². The number of aliphatic hydroxyl groups excluding tert-OH is 1. The molecule has 0 saturated carbocycles. The van der Waals surface area contributed by atoms with Crippen molar-refractivity contribution in [3.8, 4) is 11.8 Å². The number of hydrogen-bond acceptors (Lipinski definition) is 4. The molecule has 1 rings (SSSR count). The number of sulfonamides is 1. The van der Waals surface area contributed by atoms with Gasteiger partial charge in [0.15, 0.2) is 0 Å². The van der Waals surface area contributed by atoms with Gasteiger partial charge in [0.25, 0.3) is 0 Å². The van der Waals surface area contributed by atoms with Gasteiger partial charge in [-0.2, -0.15) is 4.31 Å². The second-order valence-corrected chi connectivity index (χ2v) is 6.15. The van der Waals surface area contributed by atoms with Crippen molar-refractivity contribution in [2.24, 2.45) is 0 Å². The van der Waals surface area contributed by atoms with Crippen LogP contribution in [0.1, 0.15) is 25.8 Å². The first-order chi connectivity index (χ1) is 8.93. The van der Waals surface area contributed by atoms with Crippen LogP contribution in [0.5, 0.6) is 0 Å². The summed E-state index contributed by atoms with van der Waals surface area (Å²) in [4.78, 5) is 3.99. The van der Waals surface area contributed by atoms with Crippen molar-refractivity contribution in [2.75, 3.05) is 13.7 Å². The molecule has 0 saturated heterocycles. The second kappa shape index (κ2) is 6.66. The summed E-state index contributed by atoms with van der Waals surface area (Å²) >= 11 is 0. The van der Waals surface area contributed by atoms with Gasteiger partial charge in [0.2, 0.25) is 10.0 Å². The Hall–Kier alpha value is -1.42. The highest BCUT2D eigenvalue weighted by molar-refractivity contribution is 7.89. The first kappa shape index (κ1) is 15.6. The molecule has 0 amide bonds. The third-order valence-electron chi connectivity index (χ3n) is 2.91. The van der Waals surface area contributed by atoms with E-state index >= 15 is 0 Å². The predicted octanol–water partition coefficient (Wildman–Crippen LogP) is 0.844. The van der Waals surface area contributed by atoms with E-state index < -0.39 is 10.0 Å². The molecule has 0 bridgehead atoms. The second-order valence-electron chi connectivity index (χ2n) is 4.15. The molecule has 6 heteroatoms. The average Bonchev–Trinajstić information content (AvgIpc) is 2.43. The van der Waals surface area contributed by atoms with E-state index in [1.807, 2.05) is 13.8 Å². The van der Waals surface area contributed by atoms with Crippen LogP contribution >= 0.6 is 0 Å². The third kappa shape index (κ3) is 3.77. The normalized spacial score (nSPS) is 12.9. The summed E-state index contributed by atoms with van der Waals surface area (Å²) < 4.78 is 26.0. The maximum Gasteiger partial charge on any atom is 0.244 e. The minimum absolute atomic E-state index is 0.0859. The van der Waals surface area contributed by atoms with Gasteiger partial charge >= 0.3 is 0 Å². The quantitative estimate of drug-likeness (QED) is 0.831. The molecule has 104 valence electrons. The van der Waals surface area contributed by atoms with Gasteiger partial charge in [-0.05, 0) is 19.4 Å². The monoisotopic (exact) mass is 282 g/mol. The Bertz CT molecular complexity index is 587. The Labute approximate surface area is 114 Å². The van der Waals surface area contributed by atoms with Gasteiger partial charge < -0.3 is 5.11 Å². The first-order valence-corrected chi connectivity index (χ1v) is 7.40. The van der Waals surface area contributed by atoms with E-state index in [-0.39, 0.29) is 17.5 Å². The summed E-state index contributed by atoms with van der Waals surface area (Å²) in [5, 5.41) is 8.63. The van der Waals surface area contributed by atoms with Gasteiger partial charge in [0.05, 0.1) is 0 Å². The van der Waals surface area contributed by atoms with Gasteiger partial charge in [0.1, 0.15) is 11.5 Å². The summed E-state index contributed by atoms with van der Waals surface area (Å²) in [6.45, 7) is 3.50. The molecule has 1 heterocycles. The van der Waals surface area contributed by atoms with E-state index in [1.165, 1.54) is 22.8 Å². The Kier molecular flexibility index (Phi) is 5.48. The summed E-state index contributed by atoms with van der Waals surface area (Å²) in [6.07, 6.45) is 3.50. The molecule has 1 atom stereocenters. The lowest BCUT2D eigenvalue weighted by molar-refractivity contribution is 0.350. The molecule has 1 unspecified atom stereocenters. The van der Waals surface area contributed by atoms with E-state index in [9.17, 15) is 8.42 Å². The molecule has 1 aromatic heterocycles. The smallest absolute Gasteiger partial charge is 0.244 e. The van der Waals surface area contributed by atoms with Crippen molar-refractivity contribution in [1.82, 2.24) is 9.29 Å². The molecule has 19 heavy (non-hydrogen) atoms. The maximum atomic E-state index is 12.3. The largest absolute Gasteiger partial charge is 0.384 e. The van der Waals surface area contributed by atoms with Crippen LogP contribution in [0.15, 0.2) is 23.4 Å². The number of nitrogens with zero attached hydrogens (tertiary/aromatic N) is 2. The molecular formula is C13H18N2O3S. The third-order valence-corrected chi connectivity index (χ3v) is 4.85. The lowest BCUT2D eigenvalue weighted by atomic mass is 10.3. The Balaban J connectivity index is 3.15. The van der Waals surface area contributed by atoms with Crippen LogP contribution in [0.4, 0.5) is 0 Å². The van der Waals surface area contributed by atoms with Crippen molar-refractivity contribution < 1.29 is 13.5 Å². The highest BCUT2D eigenvalue weighted by Gasteiger charge is 2.24. The van der Waals surface area contributed by atoms with Gasteiger partial charge in [-0.15, -0.1) is 0 Å². The fraction of sp³-hybridized carbons (Fsp3) is 0.462.